The van der Waals surface area contributed by atoms with Crippen molar-refractivity contribution >= 4 is 17.0 Å². The van der Waals surface area contributed by atoms with Gasteiger partial charge in [-0.25, -0.2) is 9.78 Å². The zero-order valence-electron chi connectivity index (χ0n) is 12.2. The zero-order valence-corrected chi connectivity index (χ0v) is 12.2. The Morgan fingerprint density at radius 1 is 1.09 bits per heavy atom. The fraction of sp³-hybridized carbons (Fsp3) is 0.118. The van der Waals surface area contributed by atoms with E-state index in [1.807, 2.05) is 43.3 Å². The summed E-state index contributed by atoms with van der Waals surface area (Å²) in [6, 6.07) is 13.5. The van der Waals surface area contributed by atoms with Crippen LogP contribution in [0, 0.1) is 6.92 Å². The number of hydrogen-bond acceptors (Lipinski definition) is 3. The van der Waals surface area contributed by atoms with Gasteiger partial charge in [-0.2, -0.15) is 0 Å². The second kappa shape index (κ2) is 5.11. The molecule has 3 aromatic rings. The highest BCUT2D eigenvalue weighted by Gasteiger charge is 2.15. The minimum atomic E-state index is -1.31. The fourth-order valence-corrected chi connectivity index (χ4v) is 2.39. The summed E-state index contributed by atoms with van der Waals surface area (Å²) in [6.07, 6.45) is 0. The molecule has 2 aromatic carbocycles. The average molecular weight is 294 g/mol. The van der Waals surface area contributed by atoms with Gasteiger partial charge in [0.2, 0.25) is 5.69 Å². The van der Waals surface area contributed by atoms with Crippen molar-refractivity contribution in [1.82, 2.24) is 9.55 Å². The lowest BCUT2D eigenvalue weighted by atomic mass is 10.0. The molecule has 5 heteroatoms. The molecule has 0 spiro atoms. The van der Waals surface area contributed by atoms with E-state index in [9.17, 15) is 9.59 Å². The molecule has 0 unspecified atom stereocenters. The third-order valence-corrected chi connectivity index (χ3v) is 3.66. The number of aromatic nitrogens is 2. The minimum Gasteiger partial charge on any atom is -0.476 e. The van der Waals surface area contributed by atoms with Crippen LogP contribution in [0.4, 0.5) is 0 Å². The van der Waals surface area contributed by atoms with E-state index in [0.29, 0.717) is 11.0 Å². The van der Waals surface area contributed by atoms with Gasteiger partial charge in [0.15, 0.2) is 0 Å². The number of hydrogen-bond donors (Lipinski definition) is 1. The maximum atomic E-state index is 12.0. The van der Waals surface area contributed by atoms with E-state index in [1.165, 1.54) is 10.1 Å². The first-order valence-corrected chi connectivity index (χ1v) is 6.78. The van der Waals surface area contributed by atoms with Gasteiger partial charge in [-0.15, -0.1) is 0 Å². The molecule has 1 N–H and O–H groups in total. The lowest BCUT2D eigenvalue weighted by molar-refractivity contribution is 0.0688. The van der Waals surface area contributed by atoms with Crippen molar-refractivity contribution in [2.75, 3.05) is 0 Å². The Morgan fingerprint density at radius 2 is 1.73 bits per heavy atom. The molecule has 0 fully saturated rings. The first-order valence-electron chi connectivity index (χ1n) is 6.78. The predicted octanol–water partition coefficient (Wildman–Crippen LogP) is 2.61. The molecule has 0 aliphatic rings. The molecule has 0 amide bonds. The van der Waals surface area contributed by atoms with Gasteiger partial charge in [-0.05, 0) is 30.2 Å². The second-order valence-corrected chi connectivity index (χ2v) is 5.20. The molecule has 22 heavy (non-hydrogen) atoms. The summed E-state index contributed by atoms with van der Waals surface area (Å²) in [5.41, 5.74) is 3.17. The lowest BCUT2D eigenvalue weighted by Gasteiger charge is -2.08. The number of carboxylic acid groups (broad SMARTS) is 1. The third kappa shape index (κ3) is 2.26. The largest absolute Gasteiger partial charge is 0.476 e. The van der Waals surface area contributed by atoms with Crippen LogP contribution in [0.15, 0.2) is 47.3 Å². The molecular weight excluding hydrogens is 280 g/mol. The summed E-state index contributed by atoms with van der Waals surface area (Å²) in [5, 5.41) is 9.03. The lowest BCUT2D eigenvalue weighted by Crippen LogP contribution is -2.26. The van der Waals surface area contributed by atoms with Crippen molar-refractivity contribution in [3.8, 4) is 11.1 Å². The van der Waals surface area contributed by atoms with E-state index in [-0.39, 0.29) is 0 Å². The van der Waals surface area contributed by atoms with Crippen LogP contribution in [0.25, 0.3) is 22.2 Å². The number of carbonyl (C=O) groups is 1. The van der Waals surface area contributed by atoms with E-state index in [2.05, 4.69) is 4.98 Å². The van der Waals surface area contributed by atoms with Crippen LogP contribution in [-0.4, -0.2) is 20.6 Å². The molecule has 5 nitrogen and oxygen atoms in total. The highest BCUT2D eigenvalue weighted by atomic mass is 16.4. The van der Waals surface area contributed by atoms with E-state index in [1.54, 1.807) is 13.1 Å². The van der Waals surface area contributed by atoms with Gasteiger partial charge in [0.05, 0.1) is 11.0 Å². The van der Waals surface area contributed by atoms with Crippen LogP contribution in [0.3, 0.4) is 0 Å². The van der Waals surface area contributed by atoms with Crippen LogP contribution < -0.4 is 5.56 Å². The van der Waals surface area contributed by atoms with Gasteiger partial charge in [0, 0.05) is 7.05 Å². The summed E-state index contributed by atoms with van der Waals surface area (Å²) in [5.74, 6) is -1.31. The average Bonchev–Trinajstić information content (AvgIpc) is 2.51. The Hall–Kier alpha value is -2.95. The van der Waals surface area contributed by atoms with Crippen LogP contribution in [0.2, 0.25) is 0 Å². The molecule has 3 rings (SSSR count). The Kier molecular flexibility index (Phi) is 3.25. The summed E-state index contributed by atoms with van der Waals surface area (Å²) in [4.78, 5) is 27.0. The van der Waals surface area contributed by atoms with Crippen LogP contribution >= 0.6 is 0 Å². The van der Waals surface area contributed by atoms with Gasteiger partial charge >= 0.3 is 5.97 Å². The molecule has 110 valence electrons. The maximum Gasteiger partial charge on any atom is 0.360 e. The predicted molar refractivity (Wildman–Crippen MR) is 84.1 cm³/mol. The zero-order chi connectivity index (χ0) is 15.9. The Morgan fingerprint density at radius 3 is 2.36 bits per heavy atom. The standard InChI is InChI=1S/C17H14N2O3/c1-10-3-5-11(6-4-10)12-7-8-13-14(9-12)19(2)16(20)15(18-13)17(21)22/h3-9H,1-2H3,(H,21,22). The Labute approximate surface area is 126 Å². The maximum absolute atomic E-state index is 12.0. The van der Waals surface area contributed by atoms with Crippen molar-refractivity contribution in [1.29, 1.82) is 0 Å². The van der Waals surface area contributed by atoms with Crippen LogP contribution in [0.1, 0.15) is 16.1 Å². The summed E-state index contributed by atoms with van der Waals surface area (Å²) < 4.78 is 1.32. The summed E-state index contributed by atoms with van der Waals surface area (Å²) in [7, 11) is 1.55. The van der Waals surface area contributed by atoms with Gasteiger partial charge < -0.3 is 9.67 Å². The van der Waals surface area contributed by atoms with Crippen molar-refractivity contribution in [3.63, 3.8) is 0 Å². The number of fused-ring (bicyclic) bond motifs is 1. The van der Waals surface area contributed by atoms with Crippen molar-refractivity contribution in [2.24, 2.45) is 7.05 Å². The van der Waals surface area contributed by atoms with Crippen molar-refractivity contribution in [3.05, 3.63) is 64.1 Å². The molecule has 0 bridgehead atoms. The summed E-state index contributed by atoms with van der Waals surface area (Å²) >= 11 is 0. The molecular formula is C17H14N2O3. The first-order chi connectivity index (χ1) is 10.5. The highest BCUT2D eigenvalue weighted by molar-refractivity contribution is 5.89. The minimum absolute atomic E-state index is 0.460. The number of rotatable bonds is 2. The van der Waals surface area contributed by atoms with Crippen LogP contribution in [-0.2, 0) is 7.05 Å². The monoisotopic (exact) mass is 294 g/mol. The van der Waals surface area contributed by atoms with E-state index < -0.39 is 17.2 Å². The number of nitrogens with zero attached hydrogens (tertiary/aromatic N) is 2. The molecule has 0 atom stereocenters. The van der Waals surface area contributed by atoms with Crippen LogP contribution in [0.5, 0.6) is 0 Å². The topological polar surface area (TPSA) is 72.2 Å². The number of aryl methyl sites for hydroxylation is 2. The second-order valence-electron chi connectivity index (χ2n) is 5.20. The van der Waals surface area contributed by atoms with Gasteiger partial charge in [0.1, 0.15) is 0 Å². The normalized spacial score (nSPS) is 10.8. The summed E-state index contributed by atoms with van der Waals surface area (Å²) in [6.45, 7) is 2.02. The third-order valence-electron chi connectivity index (χ3n) is 3.66. The smallest absolute Gasteiger partial charge is 0.360 e. The highest BCUT2D eigenvalue weighted by Crippen LogP contribution is 2.23. The Bertz CT molecular complexity index is 941. The Balaban J connectivity index is 2.24. The molecule has 0 radical (unpaired) electrons. The van der Waals surface area contributed by atoms with Gasteiger partial charge in [-0.3, -0.25) is 4.79 Å². The van der Waals surface area contributed by atoms with E-state index >= 15 is 0 Å². The van der Waals surface area contributed by atoms with E-state index in [0.717, 1.165) is 11.1 Å². The van der Waals surface area contributed by atoms with Crippen molar-refractivity contribution < 1.29 is 9.90 Å². The number of benzene rings is 2. The first kappa shape index (κ1) is 14.0. The molecule has 1 aromatic heterocycles. The van der Waals surface area contributed by atoms with Gasteiger partial charge in [-0.1, -0.05) is 35.9 Å². The SMILES string of the molecule is Cc1ccc(-c2ccc3nc(C(=O)O)c(=O)n(C)c3c2)cc1. The molecule has 0 saturated carbocycles. The van der Waals surface area contributed by atoms with E-state index in [4.69, 9.17) is 5.11 Å². The molecule has 1 heterocycles. The number of aromatic carboxylic acids is 1. The molecule has 0 aliphatic heterocycles. The quantitative estimate of drug-likeness (QED) is 0.788. The van der Waals surface area contributed by atoms with Crippen molar-refractivity contribution in [2.45, 2.75) is 6.92 Å². The molecule has 0 saturated heterocycles. The number of carboxylic acids is 1. The fourth-order valence-electron chi connectivity index (χ4n) is 2.39. The molecule has 0 aliphatic carbocycles. The van der Waals surface area contributed by atoms with Gasteiger partial charge in [0.25, 0.3) is 5.56 Å².